The Morgan fingerprint density at radius 3 is 2.43 bits per heavy atom. The third kappa shape index (κ3) is 4.89. The molecule has 2 aromatic rings. The Bertz CT molecular complexity index is 727. The molecule has 2 rings (SSSR count). The number of hydrogen-bond acceptors (Lipinski definition) is 1. The van der Waals surface area contributed by atoms with Gasteiger partial charge in [-0.05, 0) is 42.3 Å². The number of halogens is 3. The van der Waals surface area contributed by atoms with Crippen LogP contribution in [-0.4, -0.2) is 5.91 Å². The van der Waals surface area contributed by atoms with Crippen LogP contribution in [0.5, 0.6) is 0 Å². The highest BCUT2D eigenvalue weighted by atomic mass is 19.4. The molecule has 0 aliphatic heterocycles. The Morgan fingerprint density at radius 1 is 1.13 bits per heavy atom. The number of carbonyl (C=O) groups is 1. The predicted octanol–water partition coefficient (Wildman–Crippen LogP) is 4.26. The van der Waals surface area contributed by atoms with Gasteiger partial charge in [0.05, 0.1) is 5.56 Å². The maximum absolute atomic E-state index is 12.5. The lowest BCUT2D eigenvalue weighted by Crippen LogP contribution is -2.12. The summed E-state index contributed by atoms with van der Waals surface area (Å²) in [5.74, 6) is 2.25. The van der Waals surface area contributed by atoms with Gasteiger partial charge in [0.25, 0.3) is 0 Å². The quantitative estimate of drug-likeness (QED) is 0.839. The highest BCUT2D eigenvalue weighted by molar-refractivity contribution is 5.91. The van der Waals surface area contributed by atoms with E-state index in [1.807, 2.05) is 0 Å². The minimum Gasteiger partial charge on any atom is -0.326 e. The van der Waals surface area contributed by atoms with Crippen LogP contribution in [0, 0.1) is 12.3 Å². The number of carbonyl (C=O) groups excluding carboxylic acids is 1. The van der Waals surface area contributed by atoms with Gasteiger partial charge in [0, 0.05) is 17.7 Å². The Morgan fingerprint density at radius 2 is 1.83 bits per heavy atom. The van der Waals surface area contributed by atoms with Gasteiger partial charge in [-0.25, -0.2) is 0 Å². The first-order valence-corrected chi connectivity index (χ1v) is 6.91. The van der Waals surface area contributed by atoms with Gasteiger partial charge in [-0.3, -0.25) is 4.79 Å². The average Bonchev–Trinajstić information content (AvgIpc) is 2.52. The number of amides is 1. The lowest BCUT2D eigenvalue weighted by atomic mass is 10.1. The van der Waals surface area contributed by atoms with Crippen molar-refractivity contribution in [3.63, 3.8) is 0 Å². The van der Waals surface area contributed by atoms with Crippen LogP contribution in [0.25, 0.3) is 0 Å². The summed E-state index contributed by atoms with van der Waals surface area (Å²) in [4.78, 5) is 11.9. The molecule has 23 heavy (non-hydrogen) atoms. The van der Waals surface area contributed by atoms with E-state index in [0.29, 0.717) is 23.2 Å². The maximum atomic E-state index is 12.5. The summed E-state index contributed by atoms with van der Waals surface area (Å²) in [6.07, 6.45) is 1.47. The molecule has 1 N–H and O–H groups in total. The monoisotopic (exact) mass is 317 g/mol. The molecule has 0 radical (unpaired) electrons. The van der Waals surface area contributed by atoms with Crippen molar-refractivity contribution in [2.45, 2.75) is 19.0 Å². The summed E-state index contributed by atoms with van der Waals surface area (Å²) < 4.78 is 37.4. The first-order chi connectivity index (χ1) is 10.9. The molecule has 0 heterocycles. The van der Waals surface area contributed by atoms with Gasteiger partial charge < -0.3 is 5.32 Å². The van der Waals surface area contributed by atoms with E-state index in [9.17, 15) is 18.0 Å². The standard InChI is InChI=1S/C18H14F3NO/c1-2-13-4-3-5-16(12-13)22-17(23)11-8-14-6-9-15(10-7-14)18(19,20)21/h1,3-7,9-10,12H,8,11H2,(H,22,23). The van der Waals surface area contributed by atoms with Crippen molar-refractivity contribution in [3.8, 4) is 12.3 Å². The van der Waals surface area contributed by atoms with Crippen molar-refractivity contribution in [3.05, 3.63) is 65.2 Å². The van der Waals surface area contributed by atoms with E-state index in [1.165, 1.54) is 12.1 Å². The molecule has 118 valence electrons. The van der Waals surface area contributed by atoms with Gasteiger partial charge >= 0.3 is 6.18 Å². The van der Waals surface area contributed by atoms with E-state index < -0.39 is 11.7 Å². The molecule has 0 spiro atoms. The first kappa shape index (κ1) is 16.6. The van der Waals surface area contributed by atoms with E-state index in [2.05, 4.69) is 11.2 Å². The second kappa shape index (κ2) is 7.01. The zero-order valence-electron chi connectivity index (χ0n) is 12.2. The van der Waals surface area contributed by atoms with Crippen LogP contribution in [-0.2, 0) is 17.4 Å². The molecule has 0 saturated carbocycles. The topological polar surface area (TPSA) is 29.1 Å². The lowest BCUT2D eigenvalue weighted by molar-refractivity contribution is -0.137. The molecular weight excluding hydrogens is 303 g/mol. The second-order valence-corrected chi connectivity index (χ2v) is 4.97. The number of nitrogens with one attached hydrogen (secondary N) is 1. The Hall–Kier alpha value is -2.74. The number of anilines is 1. The van der Waals surface area contributed by atoms with Gasteiger partial charge in [-0.15, -0.1) is 6.42 Å². The lowest BCUT2D eigenvalue weighted by Gasteiger charge is -2.08. The summed E-state index contributed by atoms with van der Waals surface area (Å²) in [6, 6.07) is 11.7. The Balaban J connectivity index is 1.90. The SMILES string of the molecule is C#Cc1cccc(NC(=O)CCc2ccc(C(F)(F)F)cc2)c1. The number of aryl methyl sites for hydroxylation is 1. The van der Waals surface area contributed by atoms with Crippen molar-refractivity contribution < 1.29 is 18.0 Å². The molecule has 5 heteroatoms. The molecule has 2 nitrogen and oxygen atoms in total. The third-order valence-electron chi connectivity index (χ3n) is 3.23. The summed E-state index contributed by atoms with van der Waals surface area (Å²) >= 11 is 0. The molecule has 2 aromatic carbocycles. The van der Waals surface area contributed by atoms with Crippen LogP contribution >= 0.6 is 0 Å². The fourth-order valence-electron chi connectivity index (χ4n) is 2.03. The average molecular weight is 317 g/mol. The molecule has 0 saturated heterocycles. The third-order valence-corrected chi connectivity index (χ3v) is 3.23. The Kier molecular flexibility index (Phi) is 5.07. The van der Waals surface area contributed by atoms with E-state index >= 15 is 0 Å². The molecule has 0 fully saturated rings. The fourth-order valence-corrected chi connectivity index (χ4v) is 2.03. The predicted molar refractivity (Wildman–Crippen MR) is 82.8 cm³/mol. The molecule has 0 aliphatic rings. The highest BCUT2D eigenvalue weighted by Crippen LogP contribution is 2.29. The zero-order valence-corrected chi connectivity index (χ0v) is 12.2. The number of hydrogen-bond donors (Lipinski definition) is 1. The van der Waals surface area contributed by atoms with Crippen LogP contribution < -0.4 is 5.32 Å². The number of rotatable bonds is 4. The summed E-state index contributed by atoms with van der Waals surface area (Å²) in [5, 5.41) is 2.71. The fraction of sp³-hybridized carbons (Fsp3) is 0.167. The van der Waals surface area contributed by atoms with E-state index in [4.69, 9.17) is 6.42 Å². The van der Waals surface area contributed by atoms with Crippen molar-refractivity contribution in [1.29, 1.82) is 0 Å². The minimum absolute atomic E-state index is 0.172. The Labute approximate surface area is 132 Å². The van der Waals surface area contributed by atoms with Gasteiger partial charge in [0.2, 0.25) is 5.91 Å². The smallest absolute Gasteiger partial charge is 0.326 e. The van der Waals surface area contributed by atoms with Gasteiger partial charge in [-0.2, -0.15) is 13.2 Å². The molecule has 0 unspecified atom stereocenters. The van der Waals surface area contributed by atoms with Crippen molar-refractivity contribution in [2.75, 3.05) is 5.32 Å². The normalized spacial score (nSPS) is 10.9. The number of benzene rings is 2. The van der Waals surface area contributed by atoms with E-state index in [-0.39, 0.29) is 12.3 Å². The summed E-state index contributed by atoms with van der Waals surface area (Å²) in [5.41, 5.74) is 1.23. The molecular formula is C18H14F3NO. The number of alkyl halides is 3. The van der Waals surface area contributed by atoms with Crippen LogP contribution in [0.3, 0.4) is 0 Å². The molecule has 1 amide bonds. The van der Waals surface area contributed by atoms with Crippen LogP contribution in [0.15, 0.2) is 48.5 Å². The first-order valence-electron chi connectivity index (χ1n) is 6.91. The van der Waals surface area contributed by atoms with Crippen LogP contribution in [0.4, 0.5) is 18.9 Å². The molecule has 0 aromatic heterocycles. The van der Waals surface area contributed by atoms with Gasteiger partial charge in [-0.1, -0.05) is 24.1 Å². The van der Waals surface area contributed by atoms with Crippen molar-refractivity contribution in [2.24, 2.45) is 0 Å². The molecule has 0 bridgehead atoms. The zero-order chi connectivity index (χ0) is 16.9. The number of terminal acetylenes is 1. The van der Waals surface area contributed by atoms with Crippen molar-refractivity contribution >= 4 is 11.6 Å². The van der Waals surface area contributed by atoms with Gasteiger partial charge in [0.1, 0.15) is 0 Å². The van der Waals surface area contributed by atoms with Crippen molar-refractivity contribution in [1.82, 2.24) is 0 Å². The minimum atomic E-state index is -4.35. The van der Waals surface area contributed by atoms with E-state index in [0.717, 1.165) is 12.1 Å². The van der Waals surface area contributed by atoms with Crippen LogP contribution in [0.2, 0.25) is 0 Å². The molecule has 0 aliphatic carbocycles. The van der Waals surface area contributed by atoms with Crippen LogP contribution in [0.1, 0.15) is 23.1 Å². The maximum Gasteiger partial charge on any atom is 0.416 e. The largest absolute Gasteiger partial charge is 0.416 e. The highest BCUT2D eigenvalue weighted by Gasteiger charge is 2.29. The molecule has 0 atom stereocenters. The van der Waals surface area contributed by atoms with E-state index in [1.54, 1.807) is 24.3 Å². The second-order valence-electron chi connectivity index (χ2n) is 4.97. The summed E-state index contributed by atoms with van der Waals surface area (Å²) in [6.45, 7) is 0. The summed E-state index contributed by atoms with van der Waals surface area (Å²) in [7, 11) is 0. The van der Waals surface area contributed by atoms with Gasteiger partial charge in [0.15, 0.2) is 0 Å².